The fourth-order valence-corrected chi connectivity index (χ4v) is 5.47. The molecule has 0 aliphatic rings. The third-order valence-electron chi connectivity index (χ3n) is 7.60. The maximum Gasteiger partial charge on any atom is 0.138 e. The SMILES string of the molecule is C=C.C=c1[nH]nc(-c2cc3c(-c4cc(F)cc(CNC)c4)ccnc3[nH]2)/c1=C/C(=C\C)c1cncc(CCc2ccccc2)c1.CC. The summed E-state index contributed by atoms with van der Waals surface area (Å²) in [5.41, 5.74) is 9.34. The molecule has 0 spiro atoms. The number of allylic oxidation sites excluding steroid dienone is 2. The molecule has 6 aromatic rings. The molecule has 6 rings (SSSR count). The van der Waals surface area contributed by atoms with Gasteiger partial charge in [0.25, 0.3) is 0 Å². The van der Waals surface area contributed by atoms with Crippen LogP contribution in [0.4, 0.5) is 4.39 Å². The molecule has 0 radical (unpaired) electrons. The van der Waals surface area contributed by atoms with Crippen LogP contribution in [0.1, 0.15) is 43.0 Å². The van der Waals surface area contributed by atoms with E-state index in [2.05, 4.69) is 92.7 Å². The average molecular weight is 627 g/mol. The van der Waals surface area contributed by atoms with Crippen LogP contribution in [0.5, 0.6) is 0 Å². The van der Waals surface area contributed by atoms with Crippen molar-refractivity contribution in [2.45, 2.75) is 40.2 Å². The van der Waals surface area contributed by atoms with E-state index < -0.39 is 0 Å². The lowest BCUT2D eigenvalue weighted by atomic mass is 10.0. The Hall–Kier alpha value is -5.40. The number of aromatic nitrogens is 5. The van der Waals surface area contributed by atoms with Crippen LogP contribution in [0.15, 0.2) is 105 Å². The van der Waals surface area contributed by atoms with Gasteiger partial charge in [0.1, 0.15) is 17.2 Å². The van der Waals surface area contributed by atoms with Crippen molar-refractivity contribution >= 4 is 29.3 Å². The molecular weight excluding hydrogens is 583 g/mol. The van der Waals surface area contributed by atoms with Crippen LogP contribution in [0.3, 0.4) is 0 Å². The van der Waals surface area contributed by atoms with E-state index in [0.717, 1.165) is 62.7 Å². The minimum Gasteiger partial charge on any atom is -0.338 e. The molecular formula is C40H43FN6. The number of pyridine rings is 2. The molecule has 0 fully saturated rings. The molecule has 7 heteroatoms. The molecule has 0 aliphatic carbocycles. The van der Waals surface area contributed by atoms with Crippen molar-refractivity contribution in [3.05, 3.63) is 143 Å². The van der Waals surface area contributed by atoms with Gasteiger partial charge < -0.3 is 10.3 Å². The van der Waals surface area contributed by atoms with Gasteiger partial charge in [0.15, 0.2) is 0 Å². The maximum atomic E-state index is 14.5. The number of rotatable bonds is 9. The molecule has 0 aliphatic heterocycles. The summed E-state index contributed by atoms with van der Waals surface area (Å²) in [5.74, 6) is -0.271. The second kappa shape index (κ2) is 16.8. The number of hydrogen-bond donors (Lipinski definition) is 3. The largest absolute Gasteiger partial charge is 0.338 e. The number of halogens is 1. The van der Waals surface area contributed by atoms with Crippen molar-refractivity contribution in [3.63, 3.8) is 0 Å². The van der Waals surface area contributed by atoms with Crippen molar-refractivity contribution in [1.29, 1.82) is 0 Å². The molecule has 3 N–H and O–H groups in total. The molecule has 0 atom stereocenters. The summed E-state index contributed by atoms with van der Waals surface area (Å²) in [6.07, 6.45) is 11.6. The normalized spacial score (nSPS) is 11.5. The predicted octanol–water partition coefficient (Wildman–Crippen LogP) is 7.78. The van der Waals surface area contributed by atoms with E-state index in [4.69, 9.17) is 0 Å². The van der Waals surface area contributed by atoms with Gasteiger partial charge in [-0.3, -0.25) is 10.1 Å². The number of nitrogens with one attached hydrogen (secondary N) is 3. The van der Waals surface area contributed by atoms with Crippen molar-refractivity contribution in [1.82, 2.24) is 30.5 Å². The van der Waals surface area contributed by atoms with E-state index in [1.807, 2.05) is 64.5 Å². The first-order valence-corrected chi connectivity index (χ1v) is 15.8. The zero-order valence-corrected chi connectivity index (χ0v) is 27.7. The minimum absolute atomic E-state index is 0.271. The van der Waals surface area contributed by atoms with Crippen LogP contribution in [-0.2, 0) is 19.4 Å². The first-order valence-electron chi connectivity index (χ1n) is 15.8. The molecule has 0 saturated heterocycles. The van der Waals surface area contributed by atoms with Crippen LogP contribution in [-0.4, -0.2) is 32.2 Å². The molecule has 0 bridgehead atoms. The van der Waals surface area contributed by atoms with Crippen LogP contribution in [0.25, 0.3) is 51.8 Å². The second-order valence-corrected chi connectivity index (χ2v) is 10.6. The summed E-state index contributed by atoms with van der Waals surface area (Å²) in [6, 6.07) is 21.7. The molecule has 0 amide bonds. The molecule has 6 nitrogen and oxygen atoms in total. The second-order valence-electron chi connectivity index (χ2n) is 10.6. The van der Waals surface area contributed by atoms with Gasteiger partial charge in [-0.1, -0.05) is 56.8 Å². The Morgan fingerprint density at radius 1 is 0.936 bits per heavy atom. The Morgan fingerprint density at radius 2 is 1.70 bits per heavy atom. The Labute approximate surface area is 276 Å². The minimum atomic E-state index is -0.271. The van der Waals surface area contributed by atoms with Crippen LogP contribution < -0.4 is 15.9 Å². The van der Waals surface area contributed by atoms with E-state index in [0.29, 0.717) is 17.5 Å². The third-order valence-corrected chi connectivity index (χ3v) is 7.60. The highest BCUT2D eigenvalue weighted by molar-refractivity contribution is 5.96. The fraction of sp³-hybridized carbons (Fsp3) is 0.175. The van der Waals surface area contributed by atoms with Gasteiger partial charge in [-0.15, -0.1) is 13.2 Å². The van der Waals surface area contributed by atoms with Gasteiger partial charge in [-0.05, 0) is 108 Å². The zero-order chi connectivity index (χ0) is 33.8. The number of benzene rings is 2. The van der Waals surface area contributed by atoms with Gasteiger partial charge in [0.2, 0.25) is 0 Å². The molecule has 0 saturated carbocycles. The first-order chi connectivity index (χ1) is 23.0. The summed E-state index contributed by atoms with van der Waals surface area (Å²) < 4.78 is 14.5. The summed E-state index contributed by atoms with van der Waals surface area (Å²) in [5, 5.41) is 13.2. The van der Waals surface area contributed by atoms with Crippen molar-refractivity contribution < 1.29 is 4.39 Å². The van der Waals surface area contributed by atoms with Crippen LogP contribution in [0.2, 0.25) is 0 Å². The van der Waals surface area contributed by atoms with Crippen LogP contribution >= 0.6 is 0 Å². The number of aryl methyl sites for hydroxylation is 2. The fourth-order valence-electron chi connectivity index (χ4n) is 5.47. The first kappa shape index (κ1) is 34.5. The Morgan fingerprint density at radius 3 is 2.45 bits per heavy atom. The monoisotopic (exact) mass is 626 g/mol. The van der Waals surface area contributed by atoms with E-state index in [1.54, 1.807) is 18.3 Å². The summed E-state index contributed by atoms with van der Waals surface area (Å²) in [4.78, 5) is 12.5. The number of H-pyrrole nitrogens is 2. The van der Waals surface area contributed by atoms with Gasteiger partial charge in [0, 0.05) is 35.7 Å². The lowest BCUT2D eigenvalue weighted by Gasteiger charge is -2.07. The summed E-state index contributed by atoms with van der Waals surface area (Å²) in [6.45, 7) is 16.8. The highest BCUT2D eigenvalue weighted by Crippen LogP contribution is 2.31. The standard InChI is InChI=1S/C36H33FN6.C2H6.C2H4/c1-4-27(29-14-25(21-39-22-29)11-10-24-8-6-5-7-9-24)18-32-23(2)42-43-35(32)34-19-33-31(12-13-40-36(33)41-34)28-15-26(20-38-3)16-30(37)17-28;2*1-2/h4-9,12-19,21-22,38,42H,2,10-11,20H2,1,3H3,(H,40,41);1-2H3;1-2H2/b27-4+,32-18+;;. The van der Waals surface area contributed by atoms with Crippen molar-refractivity contribution in [3.8, 4) is 22.5 Å². The third kappa shape index (κ3) is 8.26. The van der Waals surface area contributed by atoms with Gasteiger partial charge >= 0.3 is 0 Å². The molecule has 2 aromatic carbocycles. The van der Waals surface area contributed by atoms with E-state index in [9.17, 15) is 4.39 Å². The number of hydrogen-bond acceptors (Lipinski definition) is 4. The Bertz CT molecular complexity index is 2060. The number of fused-ring (bicyclic) bond motifs is 1. The lowest BCUT2D eigenvalue weighted by molar-refractivity contribution is 0.624. The van der Waals surface area contributed by atoms with Gasteiger partial charge in [-0.25, -0.2) is 9.37 Å². The number of nitrogens with zero attached hydrogens (tertiary/aromatic N) is 3. The van der Waals surface area contributed by atoms with Crippen LogP contribution in [0, 0.1) is 5.82 Å². The molecule has 0 unspecified atom stereocenters. The Balaban J connectivity index is 0.00000120. The zero-order valence-electron chi connectivity index (χ0n) is 27.7. The van der Waals surface area contributed by atoms with E-state index in [-0.39, 0.29) is 5.82 Å². The van der Waals surface area contributed by atoms with E-state index in [1.165, 1.54) is 11.1 Å². The molecule has 240 valence electrons. The average Bonchev–Trinajstić information content (AvgIpc) is 3.71. The summed E-state index contributed by atoms with van der Waals surface area (Å²) in [7, 11) is 1.85. The highest BCUT2D eigenvalue weighted by atomic mass is 19.1. The molecule has 4 heterocycles. The predicted molar refractivity (Wildman–Crippen MR) is 195 cm³/mol. The maximum absolute atomic E-state index is 14.5. The Kier molecular flexibility index (Phi) is 12.3. The lowest BCUT2D eigenvalue weighted by Crippen LogP contribution is -2.22. The van der Waals surface area contributed by atoms with Crippen molar-refractivity contribution in [2.75, 3.05) is 7.05 Å². The highest BCUT2D eigenvalue weighted by Gasteiger charge is 2.14. The topological polar surface area (TPSA) is 82.3 Å². The quantitative estimate of drug-likeness (QED) is 0.143. The molecule has 47 heavy (non-hydrogen) atoms. The van der Waals surface area contributed by atoms with E-state index >= 15 is 0 Å². The summed E-state index contributed by atoms with van der Waals surface area (Å²) >= 11 is 0. The number of aromatic amines is 2. The smallest absolute Gasteiger partial charge is 0.138 e. The van der Waals surface area contributed by atoms with Crippen molar-refractivity contribution in [2.24, 2.45) is 0 Å². The molecule has 4 aromatic heterocycles. The van der Waals surface area contributed by atoms with Gasteiger partial charge in [0.05, 0.1) is 11.0 Å². The van der Waals surface area contributed by atoms with Gasteiger partial charge in [-0.2, -0.15) is 5.10 Å².